The molecule has 0 bridgehead atoms. The van der Waals surface area contributed by atoms with Gasteiger partial charge in [0, 0.05) is 41.5 Å². The highest BCUT2D eigenvalue weighted by atomic mass is 32.2. The van der Waals surface area contributed by atoms with Gasteiger partial charge in [-0.3, -0.25) is 0 Å². The van der Waals surface area contributed by atoms with E-state index in [1.54, 1.807) is 12.1 Å². The number of aliphatic hydroxyl groups excluding tert-OH is 4. The molecule has 5 aliphatic rings. The highest BCUT2D eigenvalue weighted by Gasteiger charge is 2.60. The fourth-order valence-electron chi connectivity index (χ4n) is 7.94. The Balaban J connectivity index is 1.18. The minimum atomic E-state index is -1.52. The first kappa shape index (κ1) is 32.4. The van der Waals surface area contributed by atoms with Crippen molar-refractivity contribution in [3.05, 3.63) is 82.6 Å². The van der Waals surface area contributed by atoms with Crippen LogP contribution in [-0.2, 0) is 14.9 Å². The van der Waals surface area contributed by atoms with E-state index in [9.17, 15) is 25.2 Å². The van der Waals surface area contributed by atoms with Crippen LogP contribution in [0.15, 0.2) is 71.5 Å². The topological polar surface area (TPSA) is 129 Å². The number of hydrogen-bond donors (Lipinski definition) is 4. The number of carbonyl (C=O) groups is 1. The largest absolute Gasteiger partial charge is 0.462 e. The number of nitrogens with zero attached hydrogens (tertiary/aromatic N) is 1. The summed E-state index contributed by atoms with van der Waals surface area (Å²) in [5.41, 5.74) is 5.77. The molecule has 47 heavy (non-hydrogen) atoms. The van der Waals surface area contributed by atoms with Crippen LogP contribution in [0.25, 0.3) is 6.08 Å². The van der Waals surface area contributed by atoms with Crippen LogP contribution in [0, 0.1) is 0 Å². The van der Waals surface area contributed by atoms with Gasteiger partial charge in [-0.05, 0) is 79.2 Å². The fraction of sp³-hybridized carbons (Fsp3) is 0.486. The lowest BCUT2D eigenvalue weighted by Crippen LogP contribution is -2.60. The number of thioether (sulfide) groups is 1. The van der Waals surface area contributed by atoms with E-state index in [4.69, 9.17) is 14.2 Å². The SMILES string of the molecule is CC1(CCCCC=O)c2ccccc2N2CCSC21/C=C/C1=C2Oc3cc(OC4OC(CO)C(O)C(O)C4O)ccc3C=C2CCC1. The monoisotopic (exact) mass is 661 g/mol. The molecule has 4 heterocycles. The van der Waals surface area contributed by atoms with Crippen LogP contribution in [0.3, 0.4) is 0 Å². The summed E-state index contributed by atoms with van der Waals surface area (Å²) in [5, 5.41) is 40.3. The number of allylic oxidation sites excluding steroid dienone is 3. The van der Waals surface area contributed by atoms with Gasteiger partial charge in [-0.1, -0.05) is 37.6 Å². The number of ether oxygens (including phenoxy) is 3. The van der Waals surface area contributed by atoms with Crippen molar-refractivity contribution in [1.29, 1.82) is 0 Å². The summed E-state index contributed by atoms with van der Waals surface area (Å²) in [6.07, 6.45) is 7.36. The van der Waals surface area contributed by atoms with Crippen molar-refractivity contribution in [2.45, 2.75) is 92.9 Å². The molecule has 2 aromatic carbocycles. The van der Waals surface area contributed by atoms with Gasteiger partial charge in [0.15, 0.2) is 0 Å². The Morgan fingerprint density at radius 3 is 2.77 bits per heavy atom. The molecule has 2 saturated heterocycles. The molecule has 10 heteroatoms. The summed E-state index contributed by atoms with van der Waals surface area (Å²) in [6.45, 7) is 2.84. The Kier molecular flexibility index (Phi) is 9.01. The molecule has 0 amide bonds. The number of anilines is 1. The van der Waals surface area contributed by atoms with Gasteiger partial charge in [-0.2, -0.15) is 0 Å². The molecular weight excluding hydrogens is 618 g/mol. The minimum absolute atomic E-state index is 0.126. The van der Waals surface area contributed by atoms with Gasteiger partial charge < -0.3 is 44.3 Å². The van der Waals surface area contributed by atoms with Gasteiger partial charge in [-0.25, -0.2) is 0 Å². The third-order valence-corrected chi connectivity index (χ3v) is 12.1. The average Bonchev–Trinajstić information content (AvgIpc) is 3.61. The molecule has 4 aliphatic heterocycles. The summed E-state index contributed by atoms with van der Waals surface area (Å²) in [5.74, 6) is 2.88. The maximum absolute atomic E-state index is 11.1. The van der Waals surface area contributed by atoms with Gasteiger partial charge in [0.25, 0.3) is 0 Å². The minimum Gasteiger partial charge on any atom is -0.462 e. The van der Waals surface area contributed by atoms with Crippen LogP contribution >= 0.6 is 11.8 Å². The van der Waals surface area contributed by atoms with Crippen molar-refractivity contribution < 1.29 is 39.4 Å². The number of para-hydroxylation sites is 1. The summed E-state index contributed by atoms with van der Waals surface area (Å²) < 4.78 is 18.1. The van der Waals surface area contributed by atoms with E-state index >= 15 is 0 Å². The van der Waals surface area contributed by atoms with Crippen molar-refractivity contribution in [2.75, 3.05) is 23.8 Å². The molecule has 4 N–H and O–H groups in total. The van der Waals surface area contributed by atoms with Crippen LogP contribution in [0.1, 0.15) is 63.0 Å². The van der Waals surface area contributed by atoms with E-state index < -0.39 is 37.3 Å². The first-order chi connectivity index (χ1) is 22.8. The number of carbonyl (C=O) groups excluding carboxylic acids is 1. The van der Waals surface area contributed by atoms with Gasteiger partial charge in [0.2, 0.25) is 6.29 Å². The zero-order chi connectivity index (χ0) is 32.8. The number of aliphatic hydroxyl groups is 4. The first-order valence-electron chi connectivity index (χ1n) is 16.7. The second kappa shape index (κ2) is 13.1. The van der Waals surface area contributed by atoms with E-state index in [0.717, 1.165) is 79.6 Å². The molecule has 250 valence electrons. The Morgan fingerprint density at radius 2 is 1.94 bits per heavy atom. The Labute approximate surface area is 279 Å². The van der Waals surface area contributed by atoms with E-state index in [0.29, 0.717) is 17.9 Å². The number of fused-ring (bicyclic) bond motifs is 5. The Bertz CT molecular complexity index is 1600. The standard InChI is InChI=1S/C37H43NO8S/c1-36(15-5-2-6-18-39)27-10-3-4-11-28(27)38-17-19-47-37(36,38)16-14-23-8-7-9-25-20-24-12-13-26(21-29(24)45-34(23)25)44-35-33(43)32(42)31(41)30(22-40)46-35/h3-4,10-14,16,18,20-21,30-33,35,40-43H,2,5-9,15,17,19,22H2,1H3/b16-14+. The lowest BCUT2D eigenvalue weighted by atomic mass is 9.73. The lowest BCUT2D eigenvalue weighted by Gasteiger charge is -2.43. The van der Waals surface area contributed by atoms with Crippen LogP contribution in [-0.4, -0.2) is 81.2 Å². The van der Waals surface area contributed by atoms with Crippen molar-refractivity contribution in [1.82, 2.24) is 0 Å². The third kappa shape index (κ3) is 5.53. The number of benzene rings is 2. The van der Waals surface area contributed by atoms with Crippen LogP contribution in [0.5, 0.6) is 11.5 Å². The molecule has 7 unspecified atom stereocenters. The second-order valence-electron chi connectivity index (χ2n) is 13.3. The molecule has 1 aliphatic carbocycles. The molecule has 7 rings (SSSR count). The highest BCUT2D eigenvalue weighted by molar-refractivity contribution is 8.01. The van der Waals surface area contributed by atoms with Gasteiger partial charge in [0.1, 0.15) is 52.8 Å². The Morgan fingerprint density at radius 1 is 1.09 bits per heavy atom. The molecule has 0 spiro atoms. The number of hydrogen-bond acceptors (Lipinski definition) is 10. The zero-order valence-corrected chi connectivity index (χ0v) is 27.4. The average molecular weight is 662 g/mol. The molecule has 0 saturated carbocycles. The fourth-order valence-corrected chi connectivity index (χ4v) is 9.57. The Hall–Kier alpha value is -3.12. The first-order valence-corrected chi connectivity index (χ1v) is 17.7. The third-order valence-electron chi connectivity index (χ3n) is 10.5. The van der Waals surface area contributed by atoms with Crippen LogP contribution in [0.2, 0.25) is 0 Å². The normalized spacial score (nSPS) is 32.7. The summed E-state index contributed by atoms with van der Waals surface area (Å²) in [4.78, 5) is 13.4. The van der Waals surface area contributed by atoms with Crippen LogP contribution < -0.4 is 14.4 Å². The molecule has 7 atom stereocenters. The molecule has 2 aromatic rings. The number of rotatable bonds is 10. The van der Waals surface area contributed by atoms with Gasteiger partial charge in [-0.15, -0.1) is 11.8 Å². The van der Waals surface area contributed by atoms with Crippen molar-refractivity contribution in [2.24, 2.45) is 0 Å². The summed E-state index contributed by atoms with van der Waals surface area (Å²) >= 11 is 2.01. The predicted octanol–water partition coefficient (Wildman–Crippen LogP) is 4.62. The molecule has 0 aromatic heterocycles. The second-order valence-corrected chi connectivity index (χ2v) is 14.6. The van der Waals surface area contributed by atoms with Crippen molar-refractivity contribution in [3.63, 3.8) is 0 Å². The van der Waals surface area contributed by atoms with Crippen LogP contribution in [0.4, 0.5) is 5.69 Å². The number of aldehydes is 1. The highest BCUT2D eigenvalue weighted by Crippen LogP contribution is 2.62. The maximum Gasteiger partial charge on any atom is 0.229 e. The van der Waals surface area contributed by atoms with E-state index in [2.05, 4.69) is 54.3 Å². The lowest BCUT2D eigenvalue weighted by molar-refractivity contribution is -0.277. The van der Waals surface area contributed by atoms with Gasteiger partial charge >= 0.3 is 0 Å². The van der Waals surface area contributed by atoms with Crippen molar-refractivity contribution in [3.8, 4) is 11.5 Å². The molecule has 2 fully saturated rings. The maximum atomic E-state index is 11.1. The summed E-state index contributed by atoms with van der Waals surface area (Å²) in [6, 6.07) is 14.2. The van der Waals surface area contributed by atoms with E-state index in [1.807, 2.05) is 17.8 Å². The molecule has 9 nitrogen and oxygen atoms in total. The quantitative estimate of drug-likeness (QED) is 0.212. The smallest absolute Gasteiger partial charge is 0.229 e. The van der Waals surface area contributed by atoms with E-state index in [1.165, 1.54) is 11.3 Å². The van der Waals surface area contributed by atoms with Crippen molar-refractivity contribution >= 4 is 29.8 Å². The summed E-state index contributed by atoms with van der Waals surface area (Å²) in [7, 11) is 0. The van der Waals surface area contributed by atoms with E-state index in [-0.39, 0.29) is 10.3 Å². The molecule has 0 radical (unpaired) electrons. The number of unbranched alkanes of at least 4 members (excludes halogenated alkanes) is 2. The zero-order valence-electron chi connectivity index (χ0n) is 26.6. The van der Waals surface area contributed by atoms with Gasteiger partial charge in [0.05, 0.1) is 6.61 Å². The molecular formula is C37H43NO8S. The predicted molar refractivity (Wildman–Crippen MR) is 180 cm³/mol.